The summed E-state index contributed by atoms with van der Waals surface area (Å²) in [6, 6.07) is 4.45. The molecule has 0 saturated carbocycles. The molecular weight excluding hydrogens is 238 g/mol. The van der Waals surface area contributed by atoms with Crippen LogP contribution in [0, 0.1) is 0 Å². The van der Waals surface area contributed by atoms with Gasteiger partial charge in [-0.2, -0.15) is 0 Å². The van der Waals surface area contributed by atoms with Gasteiger partial charge in [-0.15, -0.1) is 0 Å². The highest BCUT2D eigenvalue weighted by molar-refractivity contribution is 6.06. The summed E-state index contributed by atoms with van der Waals surface area (Å²) in [7, 11) is 0. The van der Waals surface area contributed by atoms with Crippen molar-refractivity contribution in [2.24, 2.45) is 0 Å². The van der Waals surface area contributed by atoms with Crippen molar-refractivity contribution >= 4 is 28.7 Å². The number of benzene rings is 1. The highest BCUT2D eigenvalue weighted by atomic mass is 16.4. The van der Waals surface area contributed by atoms with Crippen LogP contribution in [0.3, 0.4) is 0 Å². The van der Waals surface area contributed by atoms with Crippen molar-refractivity contribution in [3.63, 3.8) is 0 Å². The summed E-state index contributed by atoms with van der Waals surface area (Å²) in [6.07, 6.45) is 0.251. The van der Waals surface area contributed by atoms with Crippen molar-refractivity contribution in [3.8, 4) is 0 Å². The van der Waals surface area contributed by atoms with Gasteiger partial charge >= 0.3 is 11.8 Å². The standard InChI is InChI=1S/C11H9N3O4/c15-9-3-4-14(10(16)13-9)6-1-2-7-8(5-6)18-11(17)12-7/h1-2,5H,3-4H2,(H,12,17)(H,13,15,16). The summed E-state index contributed by atoms with van der Waals surface area (Å²) in [4.78, 5) is 37.6. The number of rotatable bonds is 1. The summed E-state index contributed by atoms with van der Waals surface area (Å²) in [6.45, 7) is 0.310. The average molecular weight is 247 g/mol. The number of hydrogen-bond donors (Lipinski definition) is 2. The number of carbonyl (C=O) groups is 2. The van der Waals surface area contributed by atoms with Gasteiger partial charge in [0.05, 0.1) is 5.52 Å². The van der Waals surface area contributed by atoms with E-state index in [0.29, 0.717) is 23.3 Å². The number of amides is 3. The van der Waals surface area contributed by atoms with Gasteiger partial charge in [0.2, 0.25) is 5.91 Å². The monoisotopic (exact) mass is 247 g/mol. The smallest absolute Gasteiger partial charge is 0.408 e. The largest absolute Gasteiger partial charge is 0.417 e. The first kappa shape index (κ1) is 10.6. The molecule has 2 heterocycles. The second-order valence-electron chi connectivity index (χ2n) is 3.95. The number of imide groups is 1. The lowest BCUT2D eigenvalue weighted by atomic mass is 10.2. The van der Waals surface area contributed by atoms with E-state index in [1.807, 2.05) is 0 Å². The predicted molar refractivity (Wildman–Crippen MR) is 62.3 cm³/mol. The first-order valence-corrected chi connectivity index (χ1v) is 5.38. The van der Waals surface area contributed by atoms with Crippen molar-refractivity contribution in [2.45, 2.75) is 6.42 Å². The third-order valence-corrected chi connectivity index (χ3v) is 2.77. The molecule has 7 heteroatoms. The van der Waals surface area contributed by atoms with Crippen LogP contribution in [0.2, 0.25) is 0 Å². The average Bonchev–Trinajstić information content (AvgIpc) is 2.68. The molecule has 18 heavy (non-hydrogen) atoms. The molecule has 0 unspecified atom stereocenters. The van der Waals surface area contributed by atoms with E-state index < -0.39 is 11.8 Å². The number of aromatic amines is 1. The fourth-order valence-corrected chi connectivity index (χ4v) is 1.91. The Hall–Kier alpha value is -2.57. The number of nitrogens with zero attached hydrogens (tertiary/aromatic N) is 1. The van der Waals surface area contributed by atoms with Crippen LogP contribution in [0.15, 0.2) is 27.4 Å². The summed E-state index contributed by atoms with van der Waals surface area (Å²) in [5.74, 6) is -0.828. The lowest BCUT2D eigenvalue weighted by Crippen LogP contribution is -2.49. The van der Waals surface area contributed by atoms with Crippen molar-refractivity contribution in [3.05, 3.63) is 28.7 Å². The van der Waals surface area contributed by atoms with E-state index in [1.54, 1.807) is 18.2 Å². The SMILES string of the molecule is O=C1CCN(c2ccc3[nH]c(=O)oc3c2)C(=O)N1. The molecule has 92 valence electrons. The summed E-state index contributed by atoms with van der Waals surface area (Å²) in [5, 5.41) is 2.23. The molecule has 3 rings (SSSR count). The van der Waals surface area contributed by atoms with Crippen LogP contribution in [0.25, 0.3) is 11.1 Å². The van der Waals surface area contributed by atoms with Gasteiger partial charge in [0.15, 0.2) is 5.58 Å². The first-order chi connectivity index (χ1) is 8.63. The first-order valence-electron chi connectivity index (χ1n) is 5.38. The number of oxazole rings is 1. The number of aromatic nitrogens is 1. The maximum atomic E-state index is 11.6. The fraction of sp³-hybridized carbons (Fsp3) is 0.182. The molecule has 0 spiro atoms. The molecule has 2 aromatic rings. The van der Waals surface area contributed by atoms with Crippen LogP contribution in [0.4, 0.5) is 10.5 Å². The second kappa shape index (κ2) is 3.73. The minimum atomic E-state index is -0.541. The zero-order valence-electron chi connectivity index (χ0n) is 9.23. The third kappa shape index (κ3) is 1.65. The van der Waals surface area contributed by atoms with E-state index in [9.17, 15) is 14.4 Å². The van der Waals surface area contributed by atoms with Gasteiger partial charge in [-0.05, 0) is 12.1 Å². The van der Waals surface area contributed by atoms with Crippen LogP contribution < -0.4 is 16.0 Å². The predicted octanol–water partition coefficient (Wildman–Crippen LogP) is 0.567. The minimum Gasteiger partial charge on any atom is -0.408 e. The van der Waals surface area contributed by atoms with Crippen LogP contribution in [-0.4, -0.2) is 23.5 Å². The number of urea groups is 1. The van der Waals surface area contributed by atoms with E-state index in [0.717, 1.165) is 0 Å². The van der Waals surface area contributed by atoms with Gasteiger partial charge in [-0.1, -0.05) is 0 Å². The molecule has 1 fully saturated rings. The Morgan fingerprint density at radius 1 is 1.22 bits per heavy atom. The topological polar surface area (TPSA) is 95.4 Å². The zero-order chi connectivity index (χ0) is 12.7. The molecule has 7 nitrogen and oxygen atoms in total. The van der Waals surface area contributed by atoms with Crippen LogP contribution in [0.1, 0.15) is 6.42 Å². The Morgan fingerprint density at radius 2 is 2.06 bits per heavy atom. The number of anilines is 1. The molecule has 1 aromatic carbocycles. The van der Waals surface area contributed by atoms with Crippen molar-refractivity contribution < 1.29 is 14.0 Å². The molecule has 1 aliphatic rings. The molecule has 1 aliphatic heterocycles. The van der Waals surface area contributed by atoms with Gasteiger partial charge in [0.25, 0.3) is 0 Å². The lowest BCUT2D eigenvalue weighted by molar-refractivity contribution is -0.120. The number of hydrogen-bond acceptors (Lipinski definition) is 4. The maximum absolute atomic E-state index is 11.6. The Balaban J connectivity index is 2.01. The molecule has 0 atom stereocenters. The molecule has 1 aromatic heterocycles. The summed E-state index contributed by atoms with van der Waals surface area (Å²) < 4.78 is 4.92. The summed E-state index contributed by atoms with van der Waals surface area (Å²) >= 11 is 0. The molecule has 0 radical (unpaired) electrons. The van der Waals surface area contributed by atoms with Gasteiger partial charge in [-0.25, -0.2) is 9.59 Å². The number of H-pyrrole nitrogens is 1. The fourth-order valence-electron chi connectivity index (χ4n) is 1.91. The van der Waals surface area contributed by atoms with Crippen LogP contribution in [0.5, 0.6) is 0 Å². The van der Waals surface area contributed by atoms with Gasteiger partial charge in [0.1, 0.15) is 0 Å². The Labute approximate surface area is 100 Å². The molecule has 1 saturated heterocycles. The number of carbonyl (C=O) groups excluding carboxylic acids is 2. The quantitative estimate of drug-likeness (QED) is 0.769. The van der Waals surface area contributed by atoms with Crippen LogP contribution in [-0.2, 0) is 4.79 Å². The maximum Gasteiger partial charge on any atom is 0.417 e. The molecule has 0 aliphatic carbocycles. The van der Waals surface area contributed by atoms with Gasteiger partial charge in [0, 0.05) is 24.7 Å². The Bertz CT molecular complexity index is 700. The number of nitrogens with one attached hydrogen (secondary N) is 2. The van der Waals surface area contributed by atoms with Crippen molar-refractivity contribution in [1.29, 1.82) is 0 Å². The molecule has 2 N–H and O–H groups in total. The molecule has 0 bridgehead atoms. The lowest BCUT2D eigenvalue weighted by Gasteiger charge is -2.26. The van der Waals surface area contributed by atoms with E-state index in [4.69, 9.17) is 4.42 Å². The van der Waals surface area contributed by atoms with Gasteiger partial charge < -0.3 is 4.42 Å². The summed E-state index contributed by atoms with van der Waals surface area (Å²) in [5.41, 5.74) is 1.52. The Morgan fingerprint density at radius 3 is 2.83 bits per heavy atom. The van der Waals surface area contributed by atoms with E-state index >= 15 is 0 Å². The zero-order valence-corrected chi connectivity index (χ0v) is 9.23. The van der Waals surface area contributed by atoms with Gasteiger partial charge in [-0.3, -0.25) is 20.0 Å². The van der Waals surface area contributed by atoms with E-state index in [-0.39, 0.29) is 12.3 Å². The second-order valence-corrected chi connectivity index (χ2v) is 3.95. The minimum absolute atomic E-state index is 0.251. The highest BCUT2D eigenvalue weighted by Gasteiger charge is 2.24. The normalized spacial score (nSPS) is 16.1. The molecular formula is C11H9N3O4. The Kier molecular flexibility index (Phi) is 2.19. The number of fused-ring (bicyclic) bond motifs is 1. The highest BCUT2D eigenvalue weighted by Crippen LogP contribution is 2.21. The van der Waals surface area contributed by atoms with E-state index in [2.05, 4.69) is 10.3 Å². The van der Waals surface area contributed by atoms with Crippen molar-refractivity contribution in [2.75, 3.05) is 11.4 Å². The van der Waals surface area contributed by atoms with E-state index in [1.165, 1.54) is 4.90 Å². The molecule has 3 amide bonds. The van der Waals surface area contributed by atoms with Crippen LogP contribution >= 0.6 is 0 Å². The van der Waals surface area contributed by atoms with Crippen molar-refractivity contribution in [1.82, 2.24) is 10.3 Å². The third-order valence-electron chi connectivity index (χ3n) is 2.77.